The van der Waals surface area contributed by atoms with E-state index in [4.69, 9.17) is 4.42 Å². The lowest BCUT2D eigenvalue weighted by Gasteiger charge is -2.14. The summed E-state index contributed by atoms with van der Waals surface area (Å²) in [5.41, 5.74) is 0. The monoisotopic (exact) mass is 321 g/mol. The number of nitrogens with zero attached hydrogens (tertiary/aromatic N) is 1. The molecule has 0 unspecified atom stereocenters. The van der Waals surface area contributed by atoms with Crippen molar-refractivity contribution in [1.82, 2.24) is 4.90 Å². The summed E-state index contributed by atoms with van der Waals surface area (Å²) in [6, 6.07) is 3.21. The molecule has 1 aromatic rings. The van der Waals surface area contributed by atoms with Gasteiger partial charge in [0.25, 0.3) is 5.91 Å². The highest BCUT2D eigenvalue weighted by Gasteiger charge is 2.33. The van der Waals surface area contributed by atoms with Crippen LogP contribution in [0.1, 0.15) is 17.0 Å². The first-order valence-corrected chi connectivity index (χ1v) is 7.86. The van der Waals surface area contributed by atoms with Gasteiger partial charge in [0.2, 0.25) is 0 Å². The fourth-order valence-corrected chi connectivity index (χ4v) is 3.14. The molecular weight excluding hydrogens is 310 g/mol. The largest absolute Gasteiger partial charge is 0.444 e. The summed E-state index contributed by atoms with van der Waals surface area (Å²) in [6.07, 6.45) is 1.70. The first kappa shape index (κ1) is 12.6. The zero-order valence-electron chi connectivity index (χ0n) is 9.22. The van der Waals surface area contributed by atoms with Gasteiger partial charge in [-0.3, -0.25) is 4.79 Å². The Morgan fingerprint density at radius 2 is 2.24 bits per heavy atom. The summed E-state index contributed by atoms with van der Waals surface area (Å²) < 4.78 is 28.4. The summed E-state index contributed by atoms with van der Waals surface area (Å²) >= 11 is 3.12. The molecule has 2 rings (SSSR count). The van der Waals surface area contributed by atoms with Crippen LogP contribution in [0.5, 0.6) is 0 Å². The van der Waals surface area contributed by atoms with Gasteiger partial charge in [0.1, 0.15) is 0 Å². The van der Waals surface area contributed by atoms with E-state index in [1.54, 1.807) is 12.1 Å². The van der Waals surface area contributed by atoms with Gasteiger partial charge in [-0.1, -0.05) is 0 Å². The van der Waals surface area contributed by atoms with Gasteiger partial charge in [-0.2, -0.15) is 0 Å². The molecule has 0 saturated carbocycles. The molecule has 17 heavy (non-hydrogen) atoms. The predicted octanol–water partition coefficient (Wildman–Crippen LogP) is 1.30. The summed E-state index contributed by atoms with van der Waals surface area (Å²) in [5.74, 6) is -0.0344. The maximum Gasteiger partial charge on any atom is 0.289 e. The minimum Gasteiger partial charge on any atom is -0.444 e. The second-order valence-corrected chi connectivity index (χ2v) is 7.20. The van der Waals surface area contributed by atoms with E-state index in [2.05, 4.69) is 15.9 Å². The normalized spacial score (nSPS) is 20.8. The van der Waals surface area contributed by atoms with E-state index in [0.29, 0.717) is 17.6 Å². The maximum atomic E-state index is 11.9. The van der Waals surface area contributed by atoms with Crippen molar-refractivity contribution in [2.75, 3.05) is 19.3 Å². The Labute approximate surface area is 108 Å². The number of likely N-dealkylation sites (tertiary alicyclic amines) is 1. The molecule has 0 radical (unpaired) electrons. The Kier molecular flexibility index (Phi) is 3.31. The van der Waals surface area contributed by atoms with Crippen molar-refractivity contribution >= 4 is 31.7 Å². The van der Waals surface area contributed by atoms with E-state index in [0.717, 1.165) is 0 Å². The van der Waals surface area contributed by atoms with Gasteiger partial charge in [0, 0.05) is 19.3 Å². The molecular formula is C10H12BrNO4S. The first-order valence-electron chi connectivity index (χ1n) is 5.11. The fraction of sp³-hybridized carbons (Fsp3) is 0.500. The minimum absolute atomic E-state index is 0.228. The second-order valence-electron chi connectivity index (χ2n) is 4.10. The molecule has 1 aliphatic rings. The van der Waals surface area contributed by atoms with Gasteiger partial charge in [-0.15, -0.1) is 0 Å². The van der Waals surface area contributed by atoms with Gasteiger partial charge < -0.3 is 9.32 Å². The first-order chi connectivity index (χ1) is 7.88. The highest BCUT2D eigenvalue weighted by Crippen LogP contribution is 2.21. The Balaban J connectivity index is 2.09. The number of furan rings is 1. The summed E-state index contributed by atoms with van der Waals surface area (Å²) in [4.78, 5) is 13.5. The van der Waals surface area contributed by atoms with Crippen molar-refractivity contribution in [1.29, 1.82) is 0 Å². The Hall–Kier alpha value is -0.820. The third-order valence-corrected chi connectivity index (χ3v) is 4.84. The molecule has 0 N–H and O–H groups in total. The van der Waals surface area contributed by atoms with E-state index >= 15 is 0 Å². The molecule has 94 valence electrons. The zero-order chi connectivity index (χ0) is 12.6. The smallest absolute Gasteiger partial charge is 0.289 e. The Morgan fingerprint density at radius 1 is 1.53 bits per heavy atom. The van der Waals surface area contributed by atoms with Crippen LogP contribution in [-0.4, -0.2) is 43.8 Å². The molecule has 0 aliphatic carbocycles. The van der Waals surface area contributed by atoms with Crippen LogP contribution in [0.4, 0.5) is 0 Å². The van der Waals surface area contributed by atoms with Crippen LogP contribution in [0.25, 0.3) is 0 Å². The van der Waals surface area contributed by atoms with Crippen LogP contribution >= 0.6 is 15.9 Å². The maximum absolute atomic E-state index is 11.9. The summed E-state index contributed by atoms with van der Waals surface area (Å²) in [6.45, 7) is 0.699. The molecule has 5 nitrogen and oxygen atoms in total. The van der Waals surface area contributed by atoms with Crippen LogP contribution in [0.3, 0.4) is 0 Å². The number of rotatable bonds is 2. The topological polar surface area (TPSA) is 67.6 Å². The second kappa shape index (κ2) is 4.45. The molecule has 2 heterocycles. The number of hydrogen-bond donors (Lipinski definition) is 0. The van der Waals surface area contributed by atoms with Crippen molar-refractivity contribution in [2.45, 2.75) is 11.7 Å². The molecule has 1 fully saturated rings. The van der Waals surface area contributed by atoms with E-state index in [-0.39, 0.29) is 18.2 Å². The number of carbonyl (C=O) groups excluding carboxylic acids is 1. The molecule has 0 spiro atoms. The van der Waals surface area contributed by atoms with Gasteiger partial charge in [0.15, 0.2) is 20.3 Å². The average Bonchev–Trinajstić information content (AvgIpc) is 2.83. The third kappa shape index (κ3) is 2.71. The van der Waals surface area contributed by atoms with Crippen LogP contribution in [0.15, 0.2) is 21.2 Å². The summed E-state index contributed by atoms with van der Waals surface area (Å²) in [7, 11) is -3.08. The highest BCUT2D eigenvalue weighted by atomic mass is 79.9. The Morgan fingerprint density at radius 3 is 2.71 bits per heavy atom. The van der Waals surface area contributed by atoms with Crippen LogP contribution in [-0.2, 0) is 9.84 Å². The number of sulfone groups is 1. The molecule has 1 atom stereocenters. The molecule has 1 amide bonds. The molecule has 1 saturated heterocycles. The van der Waals surface area contributed by atoms with Crippen LogP contribution in [0.2, 0.25) is 0 Å². The van der Waals surface area contributed by atoms with Gasteiger partial charge >= 0.3 is 0 Å². The summed E-state index contributed by atoms with van der Waals surface area (Å²) in [5, 5.41) is -0.454. The molecule has 1 aliphatic heterocycles. The minimum atomic E-state index is -3.08. The number of halogens is 1. The highest BCUT2D eigenvalue weighted by molar-refractivity contribution is 9.10. The van der Waals surface area contributed by atoms with Crippen molar-refractivity contribution in [3.05, 3.63) is 22.6 Å². The Bertz CT molecular complexity index is 536. The van der Waals surface area contributed by atoms with Crippen molar-refractivity contribution in [3.63, 3.8) is 0 Å². The molecule has 7 heteroatoms. The SMILES string of the molecule is CS(=O)(=O)[C@H]1CCN(C(=O)c2ccc(Br)o2)C1. The van der Waals surface area contributed by atoms with E-state index in [1.807, 2.05) is 0 Å². The van der Waals surface area contributed by atoms with Crippen LogP contribution in [0, 0.1) is 0 Å². The van der Waals surface area contributed by atoms with Gasteiger partial charge in [-0.05, 0) is 34.5 Å². The lowest BCUT2D eigenvalue weighted by Crippen LogP contribution is -2.31. The quantitative estimate of drug-likeness (QED) is 0.823. The van der Waals surface area contributed by atoms with E-state index in [9.17, 15) is 13.2 Å². The van der Waals surface area contributed by atoms with Gasteiger partial charge in [-0.25, -0.2) is 8.42 Å². The van der Waals surface area contributed by atoms with E-state index in [1.165, 1.54) is 11.2 Å². The zero-order valence-corrected chi connectivity index (χ0v) is 11.6. The fourth-order valence-electron chi connectivity index (χ4n) is 1.85. The predicted molar refractivity (Wildman–Crippen MR) is 65.6 cm³/mol. The molecule has 0 aromatic carbocycles. The van der Waals surface area contributed by atoms with Crippen molar-refractivity contribution in [2.24, 2.45) is 0 Å². The van der Waals surface area contributed by atoms with Crippen molar-refractivity contribution < 1.29 is 17.6 Å². The van der Waals surface area contributed by atoms with Crippen molar-refractivity contribution in [3.8, 4) is 0 Å². The molecule has 1 aromatic heterocycles. The standard InChI is InChI=1S/C10H12BrNO4S/c1-17(14,15)7-4-5-12(6-7)10(13)8-2-3-9(11)16-8/h2-3,7H,4-6H2,1H3/t7-/m0/s1. The number of carbonyl (C=O) groups is 1. The lowest BCUT2D eigenvalue weighted by molar-refractivity contribution is 0.0760. The van der Waals surface area contributed by atoms with Crippen LogP contribution < -0.4 is 0 Å². The number of amides is 1. The van der Waals surface area contributed by atoms with Gasteiger partial charge in [0.05, 0.1) is 5.25 Å². The average molecular weight is 322 g/mol. The molecule has 0 bridgehead atoms. The lowest BCUT2D eigenvalue weighted by atomic mass is 10.4. The number of hydrogen-bond acceptors (Lipinski definition) is 4. The van der Waals surface area contributed by atoms with E-state index < -0.39 is 15.1 Å². The third-order valence-electron chi connectivity index (χ3n) is 2.82.